The van der Waals surface area contributed by atoms with Crippen molar-refractivity contribution in [2.45, 2.75) is 26.3 Å². The van der Waals surface area contributed by atoms with Crippen LogP contribution < -0.4 is 10.0 Å². The second kappa shape index (κ2) is 7.09. The summed E-state index contributed by atoms with van der Waals surface area (Å²) in [4.78, 5) is 14.1. The third-order valence-electron chi connectivity index (χ3n) is 2.73. The fourth-order valence-corrected chi connectivity index (χ4v) is 2.05. The zero-order valence-corrected chi connectivity index (χ0v) is 12.1. The van der Waals surface area contributed by atoms with Crippen LogP contribution in [0.5, 0.6) is 0 Å². The lowest BCUT2D eigenvalue weighted by molar-refractivity contribution is -0.607. The van der Waals surface area contributed by atoms with E-state index in [9.17, 15) is 10.0 Å². The van der Waals surface area contributed by atoms with E-state index in [1.807, 2.05) is 19.0 Å². The first kappa shape index (κ1) is 15.4. The number of likely N-dealkylation sites (N-methyl/N-ethyl adjacent to an activating group) is 1. The van der Waals surface area contributed by atoms with Crippen LogP contribution in [0.25, 0.3) is 0 Å². The molecule has 1 unspecified atom stereocenters. The molecule has 0 radical (unpaired) electrons. The Labute approximate surface area is 114 Å². The molecule has 1 heterocycles. The standard InChI is InChI=1S/C14H23N3O2/c1-11(2)9-12(10-16(3)4)15-14(18)13-7-5-6-8-17(13)19/h5-8,11-12H,9-10H2,1-4H3,(H,15,18). The Balaban J connectivity index is 2.73. The molecule has 1 atom stereocenters. The Morgan fingerprint density at radius 3 is 2.63 bits per heavy atom. The van der Waals surface area contributed by atoms with Crippen molar-refractivity contribution in [1.82, 2.24) is 10.2 Å². The van der Waals surface area contributed by atoms with E-state index in [1.165, 1.54) is 12.3 Å². The zero-order valence-electron chi connectivity index (χ0n) is 12.1. The molecule has 0 aliphatic rings. The summed E-state index contributed by atoms with van der Waals surface area (Å²) in [5, 5.41) is 14.5. The van der Waals surface area contributed by atoms with Crippen LogP contribution in [0.2, 0.25) is 0 Å². The molecule has 0 bridgehead atoms. The topological polar surface area (TPSA) is 59.3 Å². The summed E-state index contributed by atoms with van der Waals surface area (Å²) in [5.74, 6) is 0.170. The molecule has 0 aromatic carbocycles. The molecule has 19 heavy (non-hydrogen) atoms. The number of hydrogen-bond donors (Lipinski definition) is 1. The minimum absolute atomic E-state index is 0.0442. The molecule has 5 heteroatoms. The molecule has 5 nitrogen and oxygen atoms in total. The lowest BCUT2D eigenvalue weighted by atomic mass is 10.0. The fourth-order valence-electron chi connectivity index (χ4n) is 2.05. The Morgan fingerprint density at radius 2 is 2.11 bits per heavy atom. The highest BCUT2D eigenvalue weighted by Crippen LogP contribution is 2.06. The van der Waals surface area contributed by atoms with E-state index in [1.54, 1.807) is 12.1 Å². The maximum absolute atomic E-state index is 12.1. The average molecular weight is 265 g/mol. The summed E-state index contributed by atoms with van der Waals surface area (Å²) < 4.78 is 0.595. The van der Waals surface area contributed by atoms with Gasteiger partial charge in [0.15, 0.2) is 6.20 Å². The first-order chi connectivity index (χ1) is 8.90. The van der Waals surface area contributed by atoms with Crippen LogP contribution in [0.15, 0.2) is 24.4 Å². The lowest BCUT2D eigenvalue weighted by Crippen LogP contribution is -2.46. The molecule has 1 amide bonds. The Bertz CT molecular complexity index is 409. The molecule has 0 aliphatic heterocycles. The number of nitrogens with one attached hydrogen (secondary N) is 1. The van der Waals surface area contributed by atoms with Crippen molar-refractivity contribution in [3.05, 3.63) is 35.3 Å². The lowest BCUT2D eigenvalue weighted by Gasteiger charge is -2.23. The van der Waals surface area contributed by atoms with E-state index in [0.717, 1.165) is 13.0 Å². The highest BCUT2D eigenvalue weighted by Gasteiger charge is 2.20. The molecule has 1 rings (SSSR count). The summed E-state index contributed by atoms with van der Waals surface area (Å²) in [6.07, 6.45) is 2.22. The molecular formula is C14H23N3O2. The summed E-state index contributed by atoms with van der Waals surface area (Å²) in [6, 6.07) is 4.87. The Hall–Kier alpha value is -1.62. The molecule has 1 aromatic heterocycles. The first-order valence-corrected chi connectivity index (χ1v) is 6.54. The Morgan fingerprint density at radius 1 is 1.42 bits per heavy atom. The minimum Gasteiger partial charge on any atom is -0.618 e. The van der Waals surface area contributed by atoms with Crippen molar-refractivity contribution in [1.29, 1.82) is 0 Å². The normalized spacial score (nSPS) is 12.7. The van der Waals surface area contributed by atoms with Crippen LogP contribution in [0.4, 0.5) is 0 Å². The van der Waals surface area contributed by atoms with Gasteiger partial charge in [0.05, 0.1) is 0 Å². The number of nitrogens with zero attached hydrogens (tertiary/aromatic N) is 2. The van der Waals surface area contributed by atoms with Crippen molar-refractivity contribution in [3.63, 3.8) is 0 Å². The Kier molecular flexibility index (Phi) is 5.76. The predicted octanol–water partition coefficient (Wildman–Crippen LogP) is 1.03. The second-order valence-corrected chi connectivity index (χ2v) is 5.47. The monoisotopic (exact) mass is 265 g/mol. The van der Waals surface area contributed by atoms with Crippen molar-refractivity contribution in [2.24, 2.45) is 5.92 Å². The van der Waals surface area contributed by atoms with Gasteiger partial charge in [-0.3, -0.25) is 4.79 Å². The summed E-state index contributed by atoms with van der Waals surface area (Å²) in [7, 11) is 3.94. The maximum atomic E-state index is 12.1. The largest absolute Gasteiger partial charge is 0.618 e. The third kappa shape index (κ3) is 5.26. The number of hydrogen-bond acceptors (Lipinski definition) is 3. The number of pyridine rings is 1. The van der Waals surface area contributed by atoms with E-state index >= 15 is 0 Å². The molecule has 0 spiro atoms. The first-order valence-electron chi connectivity index (χ1n) is 6.54. The van der Waals surface area contributed by atoms with Crippen LogP contribution in [0.1, 0.15) is 30.8 Å². The summed E-state index contributed by atoms with van der Waals surface area (Å²) in [5.41, 5.74) is 0.134. The average Bonchev–Trinajstić information content (AvgIpc) is 2.27. The van der Waals surface area contributed by atoms with E-state index in [4.69, 9.17) is 0 Å². The molecule has 0 aliphatic carbocycles. The molecule has 0 fully saturated rings. The highest BCUT2D eigenvalue weighted by molar-refractivity contribution is 5.91. The molecule has 106 valence electrons. The van der Waals surface area contributed by atoms with Gasteiger partial charge in [0.1, 0.15) is 0 Å². The number of carbonyl (C=O) groups is 1. The van der Waals surface area contributed by atoms with Gasteiger partial charge in [-0.25, -0.2) is 0 Å². The molecule has 1 aromatic rings. The third-order valence-corrected chi connectivity index (χ3v) is 2.73. The molecular weight excluding hydrogens is 242 g/mol. The molecule has 1 N–H and O–H groups in total. The van der Waals surface area contributed by atoms with Gasteiger partial charge in [-0.15, -0.1) is 0 Å². The number of amides is 1. The van der Waals surface area contributed by atoms with E-state index in [0.29, 0.717) is 10.6 Å². The van der Waals surface area contributed by atoms with Crippen molar-refractivity contribution in [3.8, 4) is 0 Å². The van der Waals surface area contributed by atoms with Crippen LogP contribution in [0.3, 0.4) is 0 Å². The fraction of sp³-hybridized carbons (Fsp3) is 0.571. The van der Waals surface area contributed by atoms with Crippen molar-refractivity contribution in [2.75, 3.05) is 20.6 Å². The van der Waals surface area contributed by atoms with E-state index in [2.05, 4.69) is 19.2 Å². The number of aromatic nitrogens is 1. The smallest absolute Gasteiger partial charge is 0.317 e. The number of rotatable bonds is 6. The number of carbonyl (C=O) groups excluding carboxylic acids is 1. The summed E-state index contributed by atoms with van der Waals surface area (Å²) in [6.45, 7) is 4.99. The quantitative estimate of drug-likeness (QED) is 0.617. The zero-order chi connectivity index (χ0) is 14.4. The van der Waals surface area contributed by atoms with Crippen LogP contribution in [-0.4, -0.2) is 37.5 Å². The van der Waals surface area contributed by atoms with Crippen molar-refractivity contribution < 1.29 is 9.52 Å². The van der Waals surface area contributed by atoms with E-state index in [-0.39, 0.29) is 17.6 Å². The maximum Gasteiger partial charge on any atom is 0.317 e. The van der Waals surface area contributed by atoms with Gasteiger partial charge in [-0.05, 0) is 32.5 Å². The van der Waals surface area contributed by atoms with Gasteiger partial charge < -0.3 is 15.4 Å². The van der Waals surface area contributed by atoms with Crippen LogP contribution in [0, 0.1) is 11.1 Å². The van der Waals surface area contributed by atoms with Crippen LogP contribution >= 0.6 is 0 Å². The SMILES string of the molecule is CC(C)CC(CN(C)C)NC(=O)c1cccc[n+]1[O-]. The molecule has 0 saturated carbocycles. The van der Waals surface area contributed by atoms with Crippen LogP contribution in [-0.2, 0) is 0 Å². The van der Waals surface area contributed by atoms with Crippen molar-refractivity contribution >= 4 is 5.91 Å². The molecule has 0 saturated heterocycles. The van der Waals surface area contributed by atoms with Gasteiger partial charge in [-0.2, -0.15) is 4.73 Å². The summed E-state index contributed by atoms with van der Waals surface area (Å²) >= 11 is 0. The van der Waals surface area contributed by atoms with Gasteiger partial charge in [0.25, 0.3) is 5.69 Å². The highest BCUT2D eigenvalue weighted by atomic mass is 16.5. The van der Waals surface area contributed by atoms with Gasteiger partial charge in [0.2, 0.25) is 0 Å². The predicted molar refractivity (Wildman–Crippen MR) is 74.7 cm³/mol. The second-order valence-electron chi connectivity index (χ2n) is 5.47. The minimum atomic E-state index is -0.317. The van der Waals surface area contributed by atoms with Gasteiger partial charge in [-0.1, -0.05) is 13.8 Å². The van der Waals surface area contributed by atoms with E-state index < -0.39 is 0 Å². The van der Waals surface area contributed by atoms with Gasteiger partial charge >= 0.3 is 5.91 Å². The van der Waals surface area contributed by atoms with Gasteiger partial charge in [0, 0.05) is 24.7 Å².